The number of rotatable bonds is 9. The molecule has 2 rings (SSSR count). The lowest BCUT2D eigenvalue weighted by Gasteiger charge is -2.20. The van der Waals surface area contributed by atoms with Crippen molar-refractivity contribution < 1.29 is 9.53 Å². The summed E-state index contributed by atoms with van der Waals surface area (Å²) in [5, 5.41) is 6.70. The van der Waals surface area contributed by atoms with E-state index in [0.717, 1.165) is 62.5 Å². The maximum Gasteiger partial charge on any atom is 0.222 e. The average Bonchev–Trinajstić information content (AvgIpc) is 2.91. The summed E-state index contributed by atoms with van der Waals surface area (Å²) in [6, 6.07) is 8.40. The summed E-state index contributed by atoms with van der Waals surface area (Å²) >= 11 is 0. The third kappa shape index (κ3) is 11.7. The van der Waals surface area contributed by atoms with Crippen LogP contribution in [0.3, 0.4) is 0 Å². The van der Waals surface area contributed by atoms with Crippen LogP contribution < -0.4 is 10.6 Å². The predicted octanol–water partition coefficient (Wildman–Crippen LogP) is 4.47. The van der Waals surface area contributed by atoms with Crippen LogP contribution in [0.1, 0.15) is 70.9 Å². The van der Waals surface area contributed by atoms with E-state index in [2.05, 4.69) is 62.6 Å². The Balaban J connectivity index is 0.00000480. The smallest absolute Gasteiger partial charge is 0.222 e. The zero-order chi connectivity index (χ0) is 21.8. The molecule has 0 saturated carbocycles. The zero-order valence-corrected chi connectivity index (χ0v) is 22.0. The summed E-state index contributed by atoms with van der Waals surface area (Å²) in [6.07, 6.45) is 4.96. The van der Waals surface area contributed by atoms with Crippen molar-refractivity contribution in [1.82, 2.24) is 15.5 Å². The van der Waals surface area contributed by atoms with E-state index < -0.39 is 0 Å². The minimum absolute atomic E-state index is 0. The molecule has 1 aliphatic rings. The first-order valence-corrected chi connectivity index (χ1v) is 11.4. The van der Waals surface area contributed by atoms with E-state index in [0.29, 0.717) is 25.5 Å². The Kier molecular flexibility index (Phi) is 13.1. The van der Waals surface area contributed by atoms with E-state index in [9.17, 15) is 4.79 Å². The van der Waals surface area contributed by atoms with Crippen LogP contribution in [0.5, 0.6) is 0 Å². The molecule has 1 aliphatic heterocycles. The highest BCUT2D eigenvalue weighted by Gasteiger charge is 2.15. The Labute approximate surface area is 205 Å². The van der Waals surface area contributed by atoms with Gasteiger partial charge in [0.15, 0.2) is 5.96 Å². The normalized spacial score (nSPS) is 15.3. The van der Waals surface area contributed by atoms with Crippen LogP contribution in [0.25, 0.3) is 0 Å². The topological polar surface area (TPSA) is 66.0 Å². The number of amides is 1. The number of carbonyl (C=O) groups excluding carboxylic acids is 1. The number of hydrogen-bond acceptors (Lipinski definition) is 3. The standard InChI is InChI=1S/C24H40N4O2.HI/c1-5-25-23(26-14-10-16-28-15-8-6-7-13-22(28)29)27-18-20-11-9-12-21(17-20)19-30-24(2,3)4;/h9,11-12,17H,5-8,10,13-16,18-19H2,1-4H3,(H2,25,26,27);1H. The second kappa shape index (κ2) is 14.7. The second-order valence-electron chi connectivity index (χ2n) is 8.89. The van der Waals surface area contributed by atoms with Crippen molar-refractivity contribution >= 4 is 35.8 Å². The third-order valence-corrected chi connectivity index (χ3v) is 5.00. The van der Waals surface area contributed by atoms with E-state index in [4.69, 9.17) is 9.73 Å². The number of aliphatic imine (C=N–C) groups is 1. The maximum atomic E-state index is 12.1. The first-order chi connectivity index (χ1) is 14.4. The number of nitrogens with zero attached hydrogens (tertiary/aromatic N) is 2. The van der Waals surface area contributed by atoms with Crippen LogP contribution in [-0.4, -0.2) is 48.5 Å². The minimum Gasteiger partial charge on any atom is -0.371 e. The lowest BCUT2D eigenvalue weighted by molar-refractivity contribution is -0.130. The lowest BCUT2D eigenvalue weighted by Crippen LogP contribution is -2.39. The van der Waals surface area contributed by atoms with Gasteiger partial charge in [0.1, 0.15) is 0 Å². The molecular weight excluding hydrogens is 503 g/mol. The van der Waals surface area contributed by atoms with Gasteiger partial charge >= 0.3 is 0 Å². The SMILES string of the molecule is CCNC(=NCc1cccc(COC(C)(C)C)c1)NCCCN1CCCCCC1=O.I. The molecule has 0 unspecified atom stereocenters. The van der Waals surface area contributed by atoms with Gasteiger partial charge in [0, 0.05) is 32.6 Å². The number of ether oxygens (including phenoxy) is 1. The van der Waals surface area contributed by atoms with Gasteiger partial charge < -0.3 is 20.3 Å². The fourth-order valence-corrected chi connectivity index (χ4v) is 3.38. The zero-order valence-electron chi connectivity index (χ0n) is 19.7. The van der Waals surface area contributed by atoms with E-state index in [-0.39, 0.29) is 29.6 Å². The number of carbonyl (C=O) groups is 1. The Morgan fingerprint density at radius 3 is 2.68 bits per heavy atom. The molecule has 1 fully saturated rings. The molecule has 6 nitrogen and oxygen atoms in total. The molecule has 2 N–H and O–H groups in total. The fourth-order valence-electron chi connectivity index (χ4n) is 3.38. The summed E-state index contributed by atoms with van der Waals surface area (Å²) in [5.41, 5.74) is 2.18. The Bertz CT molecular complexity index is 688. The van der Waals surface area contributed by atoms with Crippen molar-refractivity contribution in [3.63, 3.8) is 0 Å². The fraction of sp³-hybridized carbons (Fsp3) is 0.667. The third-order valence-electron chi connectivity index (χ3n) is 5.00. The molecule has 0 aliphatic carbocycles. The monoisotopic (exact) mass is 544 g/mol. The molecule has 1 aromatic rings. The van der Waals surface area contributed by atoms with Gasteiger partial charge in [0.05, 0.1) is 18.8 Å². The highest BCUT2D eigenvalue weighted by Crippen LogP contribution is 2.14. The molecule has 1 amide bonds. The number of nitrogens with one attached hydrogen (secondary N) is 2. The summed E-state index contributed by atoms with van der Waals surface area (Å²) in [6.45, 7) is 12.8. The summed E-state index contributed by atoms with van der Waals surface area (Å²) in [4.78, 5) is 18.8. The van der Waals surface area contributed by atoms with E-state index >= 15 is 0 Å². The Morgan fingerprint density at radius 2 is 1.94 bits per heavy atom. The van der Waals surface area contributed by atoms with Crippen LogP contribution in [0.2, 0.25) is 0 Å². The van der Waals surface area contributed by atoms with Gasteiger partial charge in [-0.25, -0.2) is 4.99 Å². The molecular formula is C24H41IN4O2. The molecule has 0 radical (unpaired) electrons. The van der Waals surface area contributed by atoms with Crippen molar-refractivity contribution in [2.45, 2.75) is 78.6 Å². The second-order valence-corrected chi connectivity index (χ2v) is 8.89. The largest absolute Gasteiger partial charge is 0.371 e. The molecule has 7 heteroatoms. The summed E-state index contributed by atoms with van der Waals surface area (Å²) < 4.78 is 5.88. The molecule has 31 heavy (non-hydrogen) atoms. The number of benzene rings is 1. The van der Waals surface area contributed by atoms with Gasteiger partial charge in [-0.2, -0.15) is 0 Å². The van der Waals surface area contributed by atoms with Gasteiger partial charge in [-0.3, -0.25) is 4.79 Å². The maximum absolute atomic E-state index is 12.1. The average molecular weight is 545 g/mol. The van der Waals surface area contributed by atoms with Gasteiger partial charge in [-0.05, 0) is 58.1 Å². The molecule has 0 atom stereocenters. The van der Waals surface area contributed by atoms with Crippen LogP contribution in [0.4, 0.5) is 0 Å². The number of guanidine groups is 1. The van der Waals surface area contributed by atoms with Crippen LogP contribution in [0, 0.1) is 0 Å². The van der Waals surface area contributed by atoms with Gasteiger partial charge in [-0.15, -0.1) is 24.0 Å². The van der Waals surface area contributed by atoms with Crippen LogP contribution in [-0.2, 0) is 22.7 Å². The number of halogens is 1. The summed E-state index contributed by atoms with van der Waals surface area (Å²) in [5.74, 6) is 1.12. The van der Waals surface area contributed by atoms with Gasteiger partial charge in [0.2, 0.25) is 5.91 Å². The predicted molar refractivity (Wildman–Crippen MR) is 139 cm³/mol. The molecule has 176 valence electrons. The Morgan fingerprint density at radius 1 is 1.16 bits per heavy atom. The highest BCUT2D eigenvalue weighted by molar-refractivity contribution is 14.0. The molecule has 0 aromatic heterocycles. The van der Waals surface area contributed by atoms with Crippen LogP contribution in [0.15, 0.2) is 29.3 Å². The van der Waals surface area contributed by atoms with Gasteiger partial charge in [0.25, 0.3) is 0 Å². The number of hydrogen-bond donors (Lipinski definition) is 2. The molecule has 0 spiro atoms. The van der Waals surface area contributed by atoms with Crippen LogP contribution >= 0.6 is 24.0 Å². The van der Waals surface area contributed by atoms with E-state index in [1.54, 1.807) is 0 Å². The molecule has 1 aromatic carbocycles. The highest BCUT2D eigenvalue weighted by atomic mass is 127. The molecule has 1 saturated heterocycles. The lowest BCUT2D eigenvalue weighted by atomic mass is 10.1. The van der Waals surface area contributed by atoms with Crippen molar-refractivity contribution in [2.75, 3.05) is 26.2 Å². The summed E-state index contributed by atoms with van der Waals surface area (Å²) in [7, 11) is 0. The minimum atomic E-state index is -0.145. The van der Waals surface area contributed by atoms with Crippen molar-refractivity contribution in [3.05, 3.63) is 35.4 Å². The molecule has 0 bridgehead atoms. The van der Waals surface area contributed by atoms with Crippen molar-refractivity contribution in [1.29, 1.82) is 0 Å². The first kappa shape index (κ1) is 27.7. The Hall–Kier alpha value is -1.35. The van der Waals surface area contributed by atoms with Crippen molar-refractivity contribution in [2.24, 2.45) is 4.99 Å². The van der Waals surface area contributed by atoms with Gasteiger partial charge in [-0.1, -0.05) is 30.7 Å². The van der Waals surface area contributed by atoms with E-state index in [1.807, 2.05) is 4.90 Å². The van der Waals surface area contributed by atoms with Crippen molar-refractivity contribution in [3.8, 4) is 0 Å². The number of likely N-dealkylation sites (tertiary alicyclic amines) is 1. The quantitative estimate of drug-likeness (QED) is 0.209. The van der Waals surface area contributed by atoms with E-state index in [1.165, 1.54) is 6.42 Å². The molecule has 1 heterocycles. The first-order valence-electron chi connectivity index (χ1n) is 11.4.